The lowest BCUT2D eigenvalue weighted by Crippen LogP contribution is -2.50. The van der Waals surface area contributed by atoms with Gasteiger partial charge in [0.15, 0.2) is 0 Å². The number of nitrogens with zero attached hydrogens (tertiary/aromatic N) is 4. The number of pyridine rings is 1. The first kappa shape index (κ1) is 27.8. The van der Waals surface area contributed by atoms with Gasteiger partial charge in [-0.2, -0.15) is 0 Å². The van der Waals surface area contributed by atoms with Crippen LogP contribution in [0.15, 0.2) is 47.6 Å². The number of carbonyl (C=O) groups excluding carboxylic acids is 1. The normalized spacial score (nSPS) is 19.9. The molecule has 1 saturated heterocycles. The van der Waals surface area contributed by atoms with Crippen molar-refractivity contribution in [2.75, 3.05) is 36.1 Å². The summed E-state index contributed by atoms with van der Waals surface area (Å²) in [7, 11) is 0. The van der Waals surface area contributed by atoms with Crippen LogP contribution in [0.2, 0.25) is 5.02 Å². The number of benzene rings is 1. The number of thioether (sulfide) groups is 1. The minimum Gasteiger partial charge on any atom is -0.396 e. The number of likely N-dealkylation sites (tertiary alicyclic amines) is 1. The van der Waals surface area contributed by atoms with Gasteiger partial charge in [0.25, 0.3) is 0 Å². The molecule has 1 aromatic carbocycles. The van der Waals surface area contributed by atoms with E-state index in [0.717, 1.165) is 31.8 Å². The second-order valence-electron chi connectivity index (χ2n) is 10.2. The molecule has 206 valence electrons. The first-order valence-electron chi connectivity index (χ1n) is 13.2. The third kappa shape index (κ3) is 6.87. The molecule has 0 bridgehead atoms. The number of halogens is 2. The maximum atomic E-state index is 14.5. The van der Waals surface area contributed by atoms with Crippen molar-refractivity contribution in [3.05, 3.63) is 53.4 Å². The third-order valence-electron chi connectivity index (χ3n) is 7.40. The lowest BCUT2D eigenvalue weighted by Gasteiger charge is -2.44. The number of carbonyl (C=O) groups is 1. The summed E-state index contributed by atoms with van der Waals surface area (Å²) >= 11 is 7.40. The number of piperidine rings is 1. The number of hydrogen-bond acceptors (Lipinski definition) is 8. The van der Waals surface area contributed by atoms with Crippen LogP contribution in [-0.2, 0) is 4.79 Å². The molecule has 5 rings (SSSR count). The van der Waals surface area contributed by atoms with E-state index in [1.54, 1.807) is 24.4 Å². The molecule has 0 radical (unpaired) electrons. The SMILES string of the molecule is CC1CCN([C@H]2C[C@H](C(=O)Nc3cc(Nc4cc(-c5cc(Cl)ccc5F)nnc4SCCO)ccn3)C2)CC1. The van der Waals surface area contributed by atoms with Crippen molar-refractivity contribution in [1.29, 1.82) is 0 Å². The van der Waals surface area contributed by atoms with Crippen molar-refractivity contribution in [3.8, 4) is 11.3 Å². The molecule has 2 fully saturated rings. The number of aliphatic hydroxyl groups excluding tert-OH is 1. The first-order chi connectivity index (χ1) is 18.9. The van der Waals surface area contributed by atoms with Gasteiger partial charge in [-0.15, -0.1) is 22.0 Å². The molecule has 0 spiro atoms. The van der Waals surface area contributed by atoms with Gasteiger partial charge in [0.05, 0.1) is 18.0 Å². The Balaban J connectivity index is 1.27. The van der Waals surface area contributed by atoms with Crippen molar-refractivity contribution < 1.29 is 14.3 Å². The van der Waals surface area contributed by atoms with E-state index in [-0.39, 0.29) is 24.0 Å². The molecule has 3 aromatic rings. The average molecular weight is 571 g/mol. The van der Waals surface area contributed by atoms with E-state index in [2.05, 4.69) is 37.6 Å². The van der Waals surface area contributed by atoms with E-state index in [1.165, 1.54) is 42.8 Å². The molecule has 3 heterocycles. The average Bonchev–Trinajstić information content (AvgIpc) is 2.90. The number of hydrogen-bond donors (Lipinski definition) is 3. The molecule has 0 unspecified atom stereocenters. The summed E-state index contributed by atoms with van der Waals surface area (Å²) in [6.07, 6.45) is 5.85. The molecule has 1 aliphatic heterocycles. The van der Waals surface area contributed by atoms with Gasteiger partial charge >= 0.3 is 0 Å². The molecule has 8 nitrogen and oxygen atoms in total. The van der Waals surface area contributed by atoms with E-state index < -0.39 is 5.82 Å². The third-order valence-corrected chi connectivity index (χ3v) is 8.60. The molecule has 2 aliphatic rings. The van der Waals surface area contributed by atoms with Crippen LogP contribution in [0.4, 0.5) is 21.6 Å². The fourth-order valence-corrected chi connectivity index (χ4v) is 5.82. The van der Waals surface area contributed by atoms with Gasteiger partial charge in [-0.3, -0.25) is 4.79 Å². The number of aromatic nitrogens is 3. The lowest BCUT2D eigenvalue weighted by atomic mass is 9.77. The van der Waals surface area contributed by atoms with Crippen molar-refractivity contribution in [3.63, 3.8) is 0 Å². The molecule has 1 amide bonds. The van der Waals surface area contributed by atoms with E-state index in [9.17, 15) is 14.3 Å². The van der Waals surface area contributed by atoms with Crippen LogP contribution < -0.4 is 10.6 Å². The lowest BCUT2D eigenvalue weighted by molar-refractivity contribution is -0.124. The largest absolute Gasteiger partial charge is 0.396 e. The molecular formula is C28H32ClFN6O2S. The quantitative estimate of drug-likeness (QED) is 0.285. The Morgan fingerprint density at radius 1 is 1.18 bits per heavy atom. The summed E-state index contributed by atoms with van der Waals surface area (Å²) in [5, 5.41) is 24.9. The fraction of sp³-hybridized carbons (Fsp3) is 0.429. The maximum Gasteiger partial charge on any atom is 0.228 e. The molecular weight excluding hydrogens is 539 g/mol. The van der Waals surface area contributed by atoms with E-state index in [4.69, 9.17) is 11.6 Å². The summed E-state index contributed by atoms with van der Waals surface area (Å²) in [4.78, 5) is 19.8. The summed E-state index contributed by atoms with van der Waals surface area (Å²) in [6.45, 7) is 4.54. The van der Waals surface area contributed by atoms with Crippen LogP contribution in [0.3, 0.4) is 0 Å². The van der Waals surface area contributed by atoms with Crippen LogP contribution in [-0.4, -0.2) is 62.6 Å². The zero-order valence-corrected chi connectivity index (χ0v) is 23.3. The minimum absolute atomic E-state index is 0.00574. The number of anilines is 3. The zero-order valence-electron chi connectivity index (χ0n) is 21.7. The second-order valence-corrected chi connectivity index (χ2v) is 11.7. The Kier molecular flexibility index (Phi) is 8.96. The summed E-state index contributed by atoms with van der Waals surface area (Å²) in [5.41, 5.74) is 1.80. The minimum atomic E-state index is -0.461. The van der Waals surface area contributed by atoms with Crippen molar-refractivity contribution in [2.24, 2.45) is 11.8 Å². The predicted molar refractivity (Wildman–Crippen MR) is 153 cm³/mol. The van der Waals surface area contributed by atoms with Gasteiger partial charge in [-0.1, -0.05) is 18.5 Å². The molecule has 1 aliphatic carbocycles. The van der Waals surface area contributed by atoms with Gasteiger partial charge in [-0.25, -0.2) is 9.37 Å². The highest BCUT2D eigenvalue weighted by molar-refractivity contribution is 7.99. The van der Waals surface area contributed by atoms with Gasteiger partial charge in [0.2, 0.25) is 5.91 Å². The molecule has 2 aromatic heterocycles. The van der Waals surface area contributed by atoms with Crippen molar-refractivity contribution in [1.82, 2.24) is 20.1 Å². The number of rotatable bonds is 9. The van der Waals surface area contributed by atoms with Crippen LogP contribution >= 0.6 is 23.4 Å². The number of nitrogens with one attached hydrogen (secondary N) is 2. The molecule has 1 saturated carbocycles. The summed E-state index contributed by atoms with van der Waals surface area (Å²) < 4.78 is 14.5. The Labute approximate surface area is 236 Å². The summed E-state index contributed by atoms with van der Waals surface area (Å²) in [5.74, 6) is 1.19. The first-order valence-corrected chi connectivity index (χ1v) is 14.6. The Morgan fingerprint density at radius 2 is 1.97 bits per heavy atom. The monoisotopic (exact) mass is 570 g/mol. The topological polar surface area (TPSA) is 103 Å². The fourth-order valence-electron chi connectivity index (χ4n) is 5.00. The van der Waals surface area contributed by atoms with Crippen LogP contribution in [0.25, 0.3) is 11.3 Å². The zero-order chi connectivity index (χ0) is 27.4. The molecule has 11 heteroatoms. The standard InChI is InChI=1S/C28H32ClFN6O2S/c1-17-5-8-36(9-6-17)21-12-18(13-21)27(38)33-26-15-20(4-7-31-26)32-25-16-24(34-35-28(25)39-11-10-37)22-14-19(29)2-3-23(22)30/h2-4,7,14-18,21,37H,5-6,8-13H2,1H3,(H2,31,32,33,34,38)/t18-,21-. The van der Waals surface area contributed by atoms with Gasteiger partial charge in [-0.05, 0) is 75.0 Å². The maximum absolute atomic E-state index is 14.5. The van der Waals surface area contributed by atoms with Crippen molar-refractivity contribution in [2.45, 2.75) is 43.7 Å². The Bertz CT molecular complexity index is 1320. The van der Waals surface area contributed by atoms with Gasteiger partial charge in [0.1, 0.15) is 16.7 Å². The van der Waals surface area contributed by atoms with E-state index in [0.29, 0.717) is 44.7 Å². The molecule has 0 atom stereocenters. The molecule has 39 heavy (non-hydrogen) atoms. The second kappa shape index (κ2) is 12.6. The Hall–Kier alpha value is -2.79. The van der Waals surface area contributed by atoms with Gasteiger partial charge in [0, 0.05) is 46.2 Å². The summed E-state index contributed by atoms with van der Waals surface area (Å²) in [6, 6.07) is 9.98. The highest BCUT2D eigenvalue weighted by atomic mass is 35.5. The number of aliphatic hydroxyl groups is 1. The Morgan fingerprint density at radius 3 is 2.74 bits per heavy atom. The number of amides is 1. The van der Waals surface area contributed by atoms with E-state index >= 15 is 0 Å². The predicted octanol–water partition coefficient (Wildman–Crippen LogP) is 5.61. The highest BCUT2D eigenvalue weighted by Crippen LogP contribution is 2.36. The van der Waals surface area contributed by atoms with E-state index in [1.807, 2.05) is 0 Å². The van der Waals surface area contributed by atoms with Crippen molar-refractivity contribution >= 4 is 46.5 Å². The van der Waals surface area contributed by atoms with Crippen LogP contribution in [0, 0.1) is 17.7 Å². The highest BCUT2D eigenvalue weighted by Gasteiger charge is 2.38. The van der Waals surface area contributed by atoms with Gasteiger partial charge < -0.3 is 20.6 Å². The van der Waals surface area contributed by atoms with Crippen LogP contribution in [0.1, 0.15) is 32.6 Å². The van der Waals surface area contributed by atoms with Crippen LogP contribution in [0.5, 0.6) is 0 Å². The smallest absolute Gasteiger partial charge is 0.228 e. The molecule has 3 N–H and O–H groups in total.